The molecule has 4 aromatic rings. The number of hydrogen-bond acceptors (Lipinski definition) is 4. The zero-order valence-electron chi connectivity index (χ0n) is 17.8. The standard InChI is InChI=1S/C25H27N3OS/c1-4-27(5-2)15-16-28-23(20-13-11-18(3)12-14-20)26-24-22(25(28)29)21(17-30-24)19-9-7-6-8-10-19/h6-14,17H,4-5,15-16H2,1-3H3. The summed E-state index contributed by atoms with van der Waals surface area (Å²) in [5, 5.41) is 2.78. The lowest BCUT2D eigenvalue weighted by atomic mass is 10.1. The number of hydrogen-bond donors (Lipinski definition) is 0. The Morgan fingerprint density at radius 2 is 1.67 bits per heavy atom. The van der Waals surface area contributed by atoms with Crippen molar-refractivity contribution in [3.63, 3.8) is 0 Å². The summed E-state index contributed by atoms with van der Waals surface area (Å²) in [6.45, 7) is 9.75. The van der Waals surface area contributed by atoms with Crippen LogP contribution in [0.3, 0.4) is 0 Å². The molecule has 5 heteroatoms. The highest BCUT2D eigenvalue weighted by Gasteiger charge is 2.18. The number of likely N-dealkylation sites (N-methyl/N-ethyl adjacent to an activating group) is 1. The van der Waals surface area contributed by atoms with Crippen molar-refractivity contribution in [3.05, 3.63) is 75.9 Å². The molecule has 0 aliphatic carbocycles. The minimum atomic E-state index is 0.0443. The summed E-state index contributed by atoms with van der Waals surface area (Å²) in [7, 11) is 0. The molecular formula is C25H27N3OS. The molecule has 0 saturated carbocycles. The normalized spacial score (nSPS) is 11.5. The van der Waals surface area contributed by atoms with Crippen molar-refractivity contribution >= 4 is 21.6 Å². The van der Waals surface area contributed by atoms with Crippen LogP contribution in [-0.2, 0) is 6.54 Å². The van der Waals surface area contributed by atoms with Gasteiger partial charge >= 0.3 is 0 Å². The molecule has 0 bridgehead atoms. The van der Waals surface area contributed by atoms with E-state index in [1.54, 1.807) is 11.3 Å². The van der Waals surface area contributed by atoms with E-state index in [0.29, 0.717) is 6.54 Å². The second-order valence-electron chi connectivity index (χ2n) is 7.48. The summed E-state index contributed by atoms with van der Waals surface area (Å²) in [6.07, 6.45) is 0. The van der Waals surface area contributed by atoms with Crippen molar-refractivity contribution in [2.75, 3.05) is 19.6 Å². The van der Waals surface area contributed by atoms with Crippen LogP contribution < -0.4 is 5.56 Å². The van der Waals surface area contributed by atoms with Crippen molar-refractivity contribution in [3.8, 4) is 22.5 Å². The average molecular weight is 418 g/mol. The lowest BCUT2D eigenvalue weighted by Gasteiger charge is -2.20. The first kappa shape index (κ1) is 20.5. The lowest BCUT2D eigenvalue weighted by Crippen LogP contribution is -2.32. The Bertz CT molecular complexity index is 1190. The zero-order chi connectivity index (χ0) is 21.1. The molecule has 2 heterocycles. The fraction of sp³-hybridized carbons (Fsp3) is 0.280. The van der Waals surface area contributed by atoms with Crippen molar-refractivity contribution in [2.24, 2.45) is 0 Å². The zero-order valence-corrected chi connectivity index (χ0v) is 18.6. The van der Waals surface area contributed by atoms with Gasteiger partial charge in [-0.2, -0.15) is 0 Å². The van der Waals surface area contributed by atoms with Gasteiger partial charge in [0.25, 0.3) is 5.56 Å². The molecule has 0 N–H and O–H groups in total. The third kappa shape index (κ3) is 3.95. The van der Waals surface area contributed by atoms with Gasteiger partial charge in [-0.1, -0.05) is 74.0 Å². The van der Waals surface area contributed by atoms with Crippen LogP contribution in [0.5, 0.6) is 0 Å². The molecule has 0 spiro atoms. The lowest BCUT2D eigenvalue weighted by molar-refractivity contribution is 0.289. The van der Waals surface area contributed by atoms with Gasteiger partial charge in [-0.3, -0.25) is 9.36 Å². The van der Waals surface area contributed by atoms with Gasteiger partial charge in [-0.15, -0.1) is 11.3 Å². The number of aryl methyl sites for hydroxylation is 1. The van der Waals surface area contributed by atoms with E-state index in [4.69, 9.17) is 4.98 Å². The molecule has 0 saturated heterocycles. The molecule has 0 aliphatic heterocycles. The van der Waals surface area contributed by atoms with Gasteiger partial charge in [0, 0.05) is 29.6 Å². The summed E-state index contributed by atoms with van der Waals surface area (Å²) in [6, 6.07) is 18.4. The predicted octanol–water partition coefficient (Wildman–Crippen LogP) is 5.44. The van der Waals surface area contributed by atoms with Crippen molar-refractivity contribution < 1.29 is 0 Å². The second kappa shape index (κ2) is 8.94. The Kier molecular flexibility index (Phi) is 6.11. The molecule has 4 nitrogen and oxygen atoms in total. The number of thiophene rings is 1. The average Bonchev–Trinajstić information content (AvgIpc) is 3.21. The highest BCUT2D eigenvalue weighted by Crippen LogP contribution is 2.32. The predicted molar refractivity (Wildman–Crippen MR) is 127 cm³/mol. The Hall–Kier alpha value is -2.76. The van der Waals surface area contributed by atoms with Crippen LogP contribution in [0.1, 0.15) is 19.4 Å². The number of aromatic nitrogens is 2. The minimum Gasteiger partial charge on any atom is -0.302 e. The van der Waals surface area contributed by atoms with Gasteiger partial charge in [0.05, 0.1) is 5.39 Å². The maximum atomic E-state index is 13.7. The molecule has 2 aromatic carbocycles. The van der Waals surface area contributed by atoms with E-state index in [1.165, 1.54) is 5.56 Å². The third-order valence-electron chi connectivity index (χ3n) is 5.62. The Morgan fingerprint density at radius 1 is 0.967 bits per heavy atom. The molecule has 154 valence electrons. The summed E-state index contributed by atoms with van der Waals surface area (Å²) >= 11 is 1.54. The first-order valence-electron chi connectivity index (χ1n) is 10.5. The maximum Gasteiger partial charge on any atom is 0.263 e. The Labute approximate surface area is 181 Å². The summed E-state index contributed by atoms with van der Waals surface area (Å²) in [4.78, 5) is 21.9. The second-order valence-corrected chi connectivity index (χ2v) is 8.34. The molecule has 0 amide bonds. The number of benzene rings is 2. The fourth-order valence-electron chi connectivity index (χ4n) is 3.77. The van der Waals surface area contributed by atoms with Crippen molar-refractivity contribution in [1.82, 2.24) is 14.5 Å². The molecule has 0 fully saturated rings. The van der Waals surface area contributed by atoms with Crippen LogP contribution in [0, 0.1) is 6.92 Å². The molecule has 4 rings (SSSR count). The van der Waals surface area contributed by atoms with Gasteiger partial charge < -0.3 is 4.90 Å². The summed E-state index contributed by atoms with van der Waals surface area (Å²) in [5.74, 6) is 0.751. The molecular weight excluding hydrogens is 390 g/mol. The Morgan fingerprint density at radius 3 is 2.33 bits per heavy atom. The van der Waals surface area contributed by atoms with Crippen LogP contribution in [0.2, 0.25) is 0 Å². The first-order chi connectivity index (χ1) is 14.6. The maximum absolute atomic E-state index is 13.7. The van der Waals surface area contributed by atoms with Crippen LogP contribution in [0.15, 0.2) is 64.8 Å². The van der Waals surface area contributed by atoms with Crippen LogP contribution in [0.25, 0.3) is 32.7 Å². The van der Waals surface area contributed by atoms with E-state index in [9.17, 15) is 4.79 Å². The molecule has 0 unspecified atom stereocenters. The number of nitrogens with zero attached hydrogens (tertiary/aromatic N) is 3. The highest BCUT2D eigenvalue weighted by atomic mass is 32.1. The van der Waals surface area contributed by atoms with E-state index in [1.807, 2.05) is 22.8 Å². The van der Waals surface area contributed by atoms with E-state index in [-0.39, 0.29) is 5.56 Å². The van der Waals surface area contributed by atoms with E-state index >= 15 is 0 Å². The van der Waals surface area contributed by atoms with Gasteiger partial charge in [-0.25, -0.2) is 4.98 Å². The monoisotopic (exact) mass is 417 g/mol. The minimum absolute atomic E-state index is 0.0443. The van der Waals surface area contributed by atoms with Gasteiger partial charge in [0.2, 0.25) is 0 Å². The molecule has 0 atom stereocenters. The smallest absolute Gasteiger partial charge is 0.263 e. The van der Waals surface area contributed by atoms with Gasteiger partial charge in [-0.05, 0) is 25.6 Å². The third-order valence-corrected chi connectivity index (χ3v) is 6.49. The topological polar surface area (TPSA) is 38.1 Å². The van der Waals surface area contributed by atoms with Crippen LogP contribution in [0.4, 0.5) is 0 Å². The van der Waals surface area contributed by atoms with E-state index < -0.39 is 0 Å². The first-order valence-corrected chi connectivity index (χ1v) is 11.4. The summed E-state index contributed by atoms with van der Waals surface area (Å²) in [5.41, 5.74) is 4.25. The molecule has 0 radical (unpaired) electrons. The van der Waals surface area contributed by atoms with E-state index in [0.717, 1.165) is 52.4 Å². The molecule has 0 aliphatic rings. The number of rotatable bonds is 7. The molecule has 30 heavy (non-hydrogen) atoms. The van der Waals surface area contributed by atoms with Crippen LogP contribution in [-0.4, -0.2) is 34.1 Å². The fourth-order valence-corrected chi connectivity index (χ4v) is 4.70. The summed E-state index contributed by atoms with van der Waals surface area (Å²) < 4.78 is 1.87. The molecule has 2 aromatic heterocycles. The van der Waals surface area contributed by atoms with Gasteiger partial charge in [0.1, 0.15) is 10.7 Å². The van der Waals surface area contributed by atoms with Crippen molar-refractivity contribution in [2.45, 2.75) is 27.3 Å². The van der Waals surface area contributed by atoms with Gasteiger partial charge in [0.15, 0.2) is 0 Å². The highest BCUT2D eigenvalue weighted by molar-refractivity contribution is 7.17. The van der Waals surface area contributed by atoms with E-state index in [2.05, 4.69) is 67.4 Å². The van der Waals surface area contributed by atoms with Crippen molar-refractivity contribution in [1.29, 1.82) is 0 Å². The SMILES string of the molecule is CCN(CC)CCn1c(-c2ccc(C)cc2)nc2scc(-c3ccccc3)c2c1=O. The quantitative estimate of drug-likeness (QED) is 0.402. The Balaban J connectivity index is 1.90. The van der Waals surface area contributed by atoms with Crippen LogP contribution >= 0.6 is 11.3 Å². The largest absolute Gasteiger partial charge is 0.302 e. The number of fused-ring (bicyclic) bond motifs is 1.